The summed E-state index contributed by atoms with van der Waals surface area (Å²) in [4.78, 5) is 24.4. The van der Waals surface area contributed by atoms with Crippen molar-refractivity contribution in [2.45, 2.75) is 26.7 Å². The Morgan fingerprint density at radius 2 is 1.61 bits per heavy atom. The third kappa shape index (κ3) is 5.06. The van der Waals surface area contributed by atoms with E-state index < -0.39 is 0 Å². The Kier molecular flexibility index (Phi) is 6.10. The molecule has 120 valence electrons. The number of rotatable bonds is 8. The molecule has 23 heavy (non-hydrogen) atoms. The predicted octanol–water partition coefficient (Wildman–Crippen LogP) is 4.57. The number of carbonyl (C=O) groups is 2. The molecule has 2 rings (SSSR count). The zero-order chi connectivity index (χ0) is 16.7. The van der Waals surface area contributed by atoms with Crippen molar-refractivity contribution in [2.24, 2.45) is 5.92 Å². The second kappa shape index (κ2) is 8.28. The van der Waals surface area contributed by atoms with Crippen LogP contribution in [0.15, 0.2) is 54.6 Å². The van der Waals surface area contributed by atoms with Gasteiger partial charge < -0.3 is 4.74 Å². The second-order valence-corrected chi connectivity index (χ2v) is 5.74. The van der Waals surface area contributed by atoms with Crippen molar-refractivity contribution < 1.29 is 14.3 Å². The van der Waals surface area contributed by atoms with Crippen molar-refractivity contribution in [3.8, 4) is 5.75 Å². The average molecular weight is 310 g/mol. The lowest BCUT2D eigenvalue weighted by atomic mass is 10.0. The number of carbonyl (C=O) groups excluding carboxylic acids is 2. The molecule has 0 heterocycles. The van der Waals surface area contributed by atoms with Crippen LogP contribution in [0.3, 0.4) is 0 Å². The molecule has 0 radical (unpaired) electrons. The Morgan fingerprint density at radius 3 is 2.30 bits per heavy atom. The number of hydrogen-bond acceptors (Lipinski definition) is 3. The van der Waals surface area contributed by atoms with Gasteiger partial charge in [0, 0.05) is 11.1 Å². The van der Waals surface area contributed by atoms with Crippen LogP contribution in [0.2, 0.25) is 0 Å². The van der Waals surface area contributed by atoms with Gasteiger partial charge in [-0.25, -0.2) is 0 Å². The molecular weight excluding hydrogens is 288 g/mol. The van der Waals surface area contributed by atoms with Gasteiger partial charge in [0.15, 0.2) is 11.6 Å². The Hall–Kier alpha value is -2.42. The van der Waals surface area contributed by atoms with Crippen LogP contribution >= 0.6 is 0 Å². The zero-order valence-corrected chi connectivity index (χ0v) is 13.6. The van der Waals surface area contributed by atoms with Crippen LogP contribution in [0.1, 0.15) is 47.4 Å². The smallest absolute Gasteiger partial charge is 0.170 e. The van der Waals surface area contributed by atoms with Crippen LogP contribution in [0.5, 0.6) is 5.75 Å². The van der Waals surface area contributed by atoms with Gasteiger partial charge in [-0.15, -0.1) is 0 Å². The highest BCUT2D eigenvalue weighted by atomic mass is 16.5. The fourth-order valence-corrected chi connectivity index (χ4v) is 2.09. The number of benzene rings is 2. The SMILES string of the molecule is CCC(C)COc1cccc(C(=O)CC(=O)c2ccccc2)c1. The summed E-state index contributed by atoms with van der Waals surface area (Å²) in [5.41, 5.74) is 1.07. The Bertz CT molecular complexity index is 662. The van der Waals surface area contributed by atoms with Crippen LogP contribution < -0.4 is 4.74 Å². The van der Waals surface area contributed by atoms with Crippen LogP contribution in [0.4, 0.5) is 0 Å². The number of ether oxygens (including phenoxy) is 1. The molecule has 0 aromatic heterocycles. The Morgan fingerprint density at radius 1 is 0.957 bits per heavy atom. The number of ketones is 2. The minimum Gasteiger partial charge on any atom is -0.493 e. The third-order valence-electron chi connectivity index (χ3n) is 3.80. The fourth-order valence-electron chi connectivity index (χ4n) is 2.09. The lowest BCUT2D eigenvalue weighted by Crippen LogP contribution is -2.10. The van der Waals surface area contributed by atoms with E-state index in [1.165, 1.54) is 0 Å². The van der Waals surface area contributed by atoms with E-state index in [2.05, 4.69) is 13.8 Å². The maximum absolute atomic E-state index is 12.3. The van der Waals surface area contributed by atoms with E-state index in [-0.39, 0.29) is 18.0 Å². The summed E-state index contributed by atoms with van der Waals surface area (Å²) in [7, 11) is 0. The molecule has 1 atom stereocenters. The highest BCUT2D eigenvalue weighted by molar-refractivity contribution is 6.13. The first kappa shape index (κ1) is 16.9. The normalized spacial score (nSPS) is 11.7. The summed E-state index contributed by atoms with van der Waals surface area (Å²) in [6.07, 6.45) is 0.920. The summed E-state index contributed by atoms with van der Waals surface area (Å²) >= 11 is 0. The van der Waals surface area contributed by atoms with Gasteiger partial charge in [0.1, 0.15) is 5.75 Å². The summed E-state index contributed by atoms with van der Waals surface area (Å²) in [5, 5.41) is 0. The molecule has 2 aromatic carbocycles. The molecule has 0 aliphatic heterocycles. The molecule has 0 fully saturated rings. The predicted molar refractivity (Wildman–Crippen MR) is 91.1 cm³/mol. The van der Waals surface area contributed by atoms with Crippen LogP contribution in [0, 0.1) is 5.92 Å². The van der Waals surface area contributed by atoms with E-state index >= 15 is 0 Å². The first-order valence-electron chi connectivity index (χ1n) is 7.94. The van der Waals surface area contributed by atoms with Gasteiger partial charge in [0.25, 0.3) is 0 Å². The molecule has 0 amide bonds. The van der Waals surface area contributed by atoms with Crippen molar-refractivity contribution in [1.82, 2.24) is 0 Å². The van der Waals surface area contributed by atoms with Crippen molar-refractivity contribution in [3.05, 3.63) is 65.7 Å². The third-order valence-corrected chi connectivity index (χ3v) is 3.80. The zero-order valence-electron chi connectivity index (χ0n) is 13.6. The Balaban J connectivity index is 2.01. The molecule has 0 aliphatic carbocycles. The van der Waals surface area contributed by atoms with E-state index in [9.17, 15) is 9.59 Å². The highest BCUT2D eigenvalue weighted by Gasteiger charge is 2.14. The van der Waals surface area contributed by atoms with Crippen LogP contribution in [0.25, 0.3) is 0 Å². The average Bonchev–Trinajstić information content (AvgIpc) is 2.60. The molecule has 0 spiro atoms. The maximum atomic E-state index is 12.3. The molecule has 0 aliphatic rings. The van der Waals surface area contributed by atoms with Crippen molar-refractivity contribution in [1.29, 1.82) is 0 Å². The molecule has 3 nitrogen and oxygen atoms in total. The lowest BCUT2D eigenvalue weighted by Gasteiger charge is -2.11. The van der Waals surface area contributed by atoms with Gasteiger partial charge >= 0.3 is 0 Å². The molecule has 1 unspecified atom stereocenters. The van der Waals surface area contributed by atoms with Gasteiger partial charge in [-0.3, -0.25) is 9.59 Å². The first-order valence-corrected chi connectivity index (χ1v) is 7.94. The summed E-state index contributed by atoms with van der Waals surface area (Å²) < 4.78 is 5.70. The minimum atomic E-state index is -0.187. The highest BCUT2D eigenvalue weighted by Crippen LogP contribution is 2.17. The fraction of sp³-hybridized carbons (Fsp3) is 0.300. The molecule has 2 aromatic rings. The molecule has 3 heteroatoms. The van der Waals surface area contributed by atoms with E-state index in [0.29, 0.717) is 29.4 Å². The van der Waals surface area contributed by atoms with Gasteiger partial charge in [-0.05, 0) is 18.1 Å². The van der Waals surface area contributed by atoms with E-state index in [1.807, 2.05) is 12.1 Å². The molecule has 0 N–H and O–H groups in total. The van der Waals surface area contributed by atoms with E-state index in [0.717, 1.165) is 6.42 Å². The standard InChI is InChI=1S/C20H22O3/c1-3-15(2)14-23-18-11-7-10-17(12-18)20(22)13-19(21)16-8-5-4-6-9-16/h4-12,15H,3,13-14H2,1-2H3. The monoisotopic (exact) mass is 310 g/mol. The molecule has 0 bridgehead atoms. The summed E-state index contributed by atoms with van der Waals surface area (Å²) in [6.45, 7) is 4.85. The van der Waals surface area contributed by atoms with Crippen molar-refractivity contribution >= 4 is 11.6 Å². The topological polar surface area (TPSA) is 43.4 Å². The maximum Gasteiger partial charge on any atom is 0.170 e. The summed E-state index contributed by atoms with van der Waals surface area (Å²) in [6, 6.07) is 15.9. The van der Waals surface area contributed by atoms with Crippen LogP contribution in [-0.2, 0) is 0 Å². The molecule has 0 saturated carbocycles. The van der Waals surface area contributed by atoms with E-state index in [1.54, 1.807) is 42.5 Å². The largest absolute Gasteiger partial charge is 0.493 e. The lowest BCUT2D eigenvalue weighted by molar-refractivity contribution is 0.0894. The first-order chi connectivity index (χ1) is 11.1. The van der Waals surface area contributed by atoms with Gasteiger partial charge in [0.05, 0.1) is 13.0 Å². The van der Waals surface area contributed by atoms with Gasteiger partial charge in [0.2, 0.25) is 0 Å². The number of hydrogen-bond donors (Lipinski definition) is 0. The van der Waals surface area contributed by atoms with Gasteiger partial charge in [-0.1, -0.05) is 62.7 Å². The Labute approximate surface area is 137 Å². The van der Waals surface area contributed by atoms with Crippen LogP contribution in [-0.4, -0.2) is 18.2 Å². The van der Waals surface area contributed by atoms with Crippen molar-refractivity contribution in [3.63, 3.8) is 0 Å². The second-order valence-electron chi connectivity index (χ2n) is 5.74. The quantitative estimate of drug-likeness (QED) is 0.530. The van der Waals surface area contributed by atoms with Crippen molar-refractivity contribution in [2.75, 3.05) is 6.61 Å². The van der Waals surface area contributed by atoms with Gasteiger partial charge in [-0.2, -0.15) is 0 Å². The molecular formula is C20H22O3. The van der Waals surface area contributed by atoms with E-state index in [4.69, 9.17) is 4.74 Å². The summed E-state index contributed by atoms with van der Waals surface area (Å²) in [5.74, 6) is 0.784. The molecule has 0 saturated heterocycles. The number of Topliss-reactive ketones (excluding diaryl/α,β-unsaturated/α-hetero) is 2. The minimum absolute atomic E-state index is 0.126.